The molecule has 0 aliphatic carbocycles. The van der Waals surface area contributed by atoms with E-state index in [1.807, 2.05) is 6.92 Å². The van der Waals surface area contributed by atoms with Crippen LogP contribution in [0.25, 0.3) is 0 Å². The van der Waals surface area contributed by atoms with E-state index >= 15 is 0 Å². The van der Waals surface area contributed by atoms with E-state index in [0.717, 1.165) is 38.6 Å². The first kappa shape index (κ1) is 17.2. The highest BCUT2D eigenvalue weighted by Gasteiger charge is 2.08. The van der Waals surface area contributed by atoms with E-state index in [2.05, 4.69) is 48.5 Å². The maximum Gasteiger partial charge on any atom is 0.191 e. The van der Waals surface area contributed by atoms with Crippen LogP contribution in [0.15, 0.2) is 4.99 Å². The molecule has 0 rings (SSSR count). The van der Waals surface area contributed by atoms with Gasteiger partial charge in [0.05, 0.1) is 12.6 Å². The molecule has 0 heterocycles. The molecule has 0 saturated carbocycles. The highest BCUT2D eigenvalue weighted by atomic mass is 16.5. The average Bonchev–Trinajstić information content (AvgIpc) is 2.33. The Morgan fingerprint density at radius 1 is 1.17 bits per heavy atom. The Labute approximate surface area is 112 Å². The fraction of sp³-hybridized carbons (Fsp3) is 0.923. The Hall–Kier alpha value is -0.810. The molecule has 0 bridgehead atoms. The summed E-state index contributed by atoms with van der Waals surface area (Å²) in [5.74, 6) is 0.870. The van der Waals surface area contributed by atoms with Crippen LogP contribution < -0.4 is 10.6 Å². The molecule has 0 aliphatic rings. The van der Waals surface area contributed by atoms with Crippen molar-refractivity contribution in [2.75, 3.05) is 46.9 Å². The highest BCUT2D eigenvalue weighted by Crippen LogP contribution is 2.00. The monoisotopic (exact) mass is 258 g/mol. The number of nitrogens with one attached hydrogen (secondary N) is 2. The molecule has 0 fully saturated rings. The molecule has 0 amide bonds. The topological polar surface area (TPSA) is 48.9 Å². The van der Waals surface area contributed by atoms with Gasteiger partial charge < -0.3 is 20.3 Å². The molecule has 0 spiro atoms. The molecule has 0 aromatic rings. The van der Waals surface area contributed by atoms with E-state index in [9.17, 15) is 0 Å². The van der Waals surface area contributed by atoms with E-state index in [1.54, 1.807) is 0 Å². The van der Waals surface area contributed by atoms with E-state index in [-0.39, 0.29) is 6.10 Å². The molecular weight excluding hydrogens is 228 g/mol. The molecule has 2 N–H and O–H groups in total. The van der Waals surface area contributed by atoms with Crippen molar-refractivity contribution in [3.8, 4) is 0 Å². The van der Waals surface area contributed by atoms with Crippen molar-refractivity contribution in [3.63, 3.8) is 0 Å². The highest BCUT2D eigenvalue weighted by molar-refractivity contribution is 5.79. The second-order valence-electron chi connectivity index (χ2n) is 4.42. The first-order chi connectivity index (χ1) is 8.63. The van der Waals surface area contributed by atoms with Gasteiger partial charge in [0.15, 0.2) is 5.96 Å². The predicted octanol–water partition coefficient (Wildman–Crippen LogP) is 0.918. The summed E-state index contributed by atoms with van der Waals surface area (Å²) in [7, 11) is 4.16. The van der Waals surface area contributed by atoms with Crippen molar-refractivity contribution in [2.24, 2.45) is 4.99 Å². The van der Waals surface area contributed by atoms with E-state index in [0.29, 0.717) is 6.54 Å². The third kappa shape index (κ3) is 9.24. The van der Waals surface area contributed by atoms with Gasteiger partial charge in [0.1, 0.15) is 0 Å². The van der Waals surface area contributed by atoms with Crippen molar-refractivity contribution in [3.05, 3.63) is 0 Å². The second kappa shape index (κ2) is 11.3. The fourth-order valence-electron chi connectivity index (χ4n) is 1.57. The van der Waals surface area contributed by atoms with Crippen LogP contribution in [0, 0.1) is 0 Å². The molecule has 0 aliphatic heterocycles. The van der Waals surface area contributed by atoms with Crippen LogP contribution in [0.2, 0.25) is 0 Å². The Kier molecular flexibility index (Phi) is 10.8. The van der Waals surface area contributed by atoms with Gasteiger partial charge in [-0.1, -0.05) is 0 Å². The number of aliphatic imine (C=N–C) groups is 1. The molecule has 1 unspecified atom stereocenters. The zero-order valence-corrected chi connectivity index (χ0v) is 12.6. The summed E-state index contributed by atoms with van der Waals surface area (Å²) in [6.45, 7) is 10.4. The predicted molar refractivity (Wildman–Crippen MR) is 78.2 cm³/mol. The zero-order valence-electron chi connectivity index (χ0n) is 12.6. The van der Waals surface area contributed by atoms with Gasteiger partial charge in [0.2, 0.25) is 0 Å². The number of ether oxygens (including phenoxy) is 1. The number of guanidine groups is 1. The van der Waals surface area contributed by atoms with Crippen molar-refractivity contribution >= 4 is 5.96 Å². The molecule has 0 aromatic carbocycles. The summed E-state index contributed by atoms with van der Waals surface area (Å²) in [5, 5.41) is 6.44. The molecule has 0 aromatic heterocycles. The Bertz CT molecular complexity index is 211. The second-order valence-corrected chi connectivity index (χ2v) is 4.42. The lowest BCUT2D eigenvalue weighted by Gasteiger charge is -2.18. The zero-order chi connectivity index (χ0) is 13.8. The molecule has 1 atom stereocenters. The molecule has 18 heavy (non-hydrogen) atoms. The summed E-state index contributed by atoms with van der Waals surface area (Å²) >= 11 is 0. The Morgan fingerprint density at radius 3 is 2.22 bits per heavy atom. The maximum atomic E-state index is 5.71. The van der Waals surface area contributed by atoms with Gasteiger partial charge in [-0.3, -0.25) is 4.99 Å². The third-order valence-electron chi connectivity index (χ3n) is 2.44. The molecule has 0 radical (unpaired) electrons. The lowest BCUT2D eigenvalue weighted by Crippen LogP contribution is -2.38. The molecule has 5 nitrogen and oxygen atoms in total. The summed E-state index contributed by atoms with van der Waals surface area (Å²) in [5.41, 5.74) is 0. The lowest BCUT2D eigenvalue weighted by molar-refractivity contribution is 0.0582. The Morgan fingerprint density at radius 2 is 1.78 bits per heavy atom. The minimum Gasteiger partial charge on any atom is -0.377 e. The van der Waals surface area contributed by atoms with Crippen molar-refractivity contribution in [2.45, 2.75) is 33.3 Å². The van der Waals surface area contributed by atoms with Gasteiger partial charge in [-0.05, 0) is 41.3 Å². The quantitative estimate of drug-likeness (QED) is 0.477. The lowest BCUT2D eigenvalue weighted by atomic mass is 10.2. The number of nitrogens with zero attached hydrogens (tertiary/aromatic N) is 2. The molecular formula is C13H30N4O. The number of hydrogen-bond acceptors (Lipinski definition) is 3. The van der Waals surface area contributed by atoms with Gasteiger partial charge in [-0.2, -0.15) is 0 Å². The van der Waals surface area contributed by atoms with Crippen LogP contribution in [0.5, 0.6) is 0 Å². The minimum atomic E-state index is 0.199. The first-order valence-corrected chi connectivity index (χ1v) is 6.92. The standard InChI is InChI=1S/C13H30N4O/c1-6-14-13(15-7-2)16-11-12(18-8-3)9-10-17(4)5/h12H,6-11H2,1-5H3,(H2,14,15,16). The van der Waals surface area contributed by atoms with Crippen LogP contribution in [0.4, 0.5) is 0 Å². The molecule has 5 heteroatoms. The largest absolute Gasteiger partial charge is 0.377 e. The number of hydrogen-bond donors (Lipinski definition) is 2. The van der Waals surface area contributed by atoms with Gasteiger partial charge in [0, 0.05) is 26.2 Å². The minimum absolute atomic E-state index is 0.199. The fourth-order valence-corrected chi connectivity index (χ4v) is 1.57. The van der Waals surface area contributed by atoms with Gasteiger partial charge in [0.25, 0.3) is 0 Å². The van der Waals surface area contributed by atoms with Crippen LogP contribution in [0.3, 0.4) is 0 Å². The van der Waals surface area contributed by atoms with Gasteiger partial charge >= 0.3 is 0 Å². The average molecular weight is 258 g/mol. The van der Waals surface area contributed by atoms with Gasteiger partial charge in [-0.15, -0.1) is 0 Å². The van der Waals surface area contributed by atoms with Crippen LogP contribution >= 0.6 is 0 Å². The Balaban J connectivity index is 4.21. The van der Waals surface area contributed by atoms with E-state index in [1.165, 1.54) is 0 Å². The smallest absolute Gasteiger partial charge is 0.191 e. The van der Waals surface area contributed by atoms with E-state index in [4.69, 9.17) is 4.74 Å². The summed E-state index contributed by atoms with van der Waals surface area (Å²) in [6, 6.07) is 0. The van der Waals surface area contributed by atoms with Crippen LogP contribution in [-0.4, -0.2) is 63.8 Å². The number of rotatable bonds is 9. The van der Waals surface area contributed by atoms with E-state index < -0.39 is 0 Å². The van der Waals surface area contributed by atoms with Crippen LogP contribution in [0.1, 0.15) is 27.2 Å². The molecule has 108 valence electrons. The van der Waals surface area contributed by atoms with Crippen molar-refractivity contribution < 1.29 is 4.74 Å². The van der Waals surface area contributed by atoms with Crippen molar-refractivity contribution in [1.82, 2.24) is 15.5 Å². The normalized spacial score (nSPS) is 12.3. The first-order valence-electron chi connectivity index (χ1n) is 6.92. The third-order valence-corrected chi connectivity index (χ3v) is 2.44. The van der Waals surface area contributed by atoms with Gasteiger partial charge in [-0.25, -0.2) is 0 Å². The summed E-state index contributed by atoms with van der Waals surface area (Å²) in [4.78, 5) is 6.72. The maximum absolute atomic E-state index is 5.71. The summed E-state index contributed by atoms with van der Waals surface area (Å²) in [6.07, 6.45) is 1.21. The van der Waals surface area contributed by atoms with Crippen LogP contribution in [-0.2, 0) is 4.74 Å². The van der Waals surface area contributed by atoms with Crippen molar-refractivity contribution in [1.29, 1.82) is 0 Å². The SMILES string of the molecule is CCNC(=NCC(CCN(C)C)OCC)NCC. The summed E-state index contributed by atoms with van der Waals surface area (Å²) < 4.78 is 5.71. The molecule has 0 saturated heterocycles.